The molecule has 5 heteroatoms. The van der Waals surface area contributed by atoms with Crippen molar-refractivity contribution in [2.75, 3.05) is 24.5 Å². The second-order valence-electron chi connectivity index (χ2n) is 6.05. The van der Waals surface area contributed by atoms with E-state index in [4.69, 9.17) is 0 Å². The first-order valence-corrected chi connectivity index (χ1v) is 8.02. The Bertz CT molecular complexity index is 573. The van der Waals surface area contributed by atoms with Gasteiger partial charge in [-0.25, -0.2) is 4.79 Å². The number of aryl methyl sites for hydroxylation is 1. The van der Waals surface area contributed by atoms with Crippen LogP contribution in [0.5, 0.6) is 0 Å². The van der Waals surface area contributed by atoms with Gasteiger partial charge in [0.1, 0.15) is 6.04 Å². The van der Waals surface area contributed by atoms with E-state index in [-0.39, 0.29) is 5.91 Å². The van der Waals surface area contributed by atoms with Crippen molar-refractivity contribution in [3.8, 4) is 0 Å². The van der Waals surface area contributed by atoms with E-state index in [1.54, 1.807) is 0 Å². The van der Waals surface area contributed by atoms with Gasteiger partial charge < -0.3 is 14.9 Å². The monoisotopic (exact) mass is 302 g/mol. The van der Waals surface area contributed by atoms with Crippen molar-refractivity contribution in [3.05, 3.63) is 29.8 Å². The van der Waals surface area contributed by atoms with E-state index in [1.165, 1.54) is 16.2 Å². The van der Waals surface area contributed by atoms with Crippen molar-refractivity contribution in [1.82, 2.24) is 4.90 Å². The zero-order valence-corrected chi connectivity index (χ0v) is 12.7. The average molecular weight is 302 g/mol. The normalized spacial score (nSPS) is 20.8. The molecule has 0 bridgehead atoms. The van der Waals surface area contributed by atoms with Gasteiger partial charge in [0, 0.05) is 31.7 Å². The minimum Gasteiger partial charge on any atom is -0.480 e. The number of hydrogen-bond acceptors (Lipinski definition) is 3. The molecule has 0 spiro atoms. The number of fused-ring (bicyclic) bond motifs is 1. The first-order valence-electron chi connectivity index (χ1n) is 8.02. The van der Waals surface area contributed by atoms with Crippen LogP contribution in [0.1, 0.15) is 31.2 Å². The minimum atomic E-state index is -0.880. The van der Waals surface area contributed by atoms with Gasteiger partial charge in [-0.05, 0) is 37.3 Å². The Morgan fingerprint density at radius 2 is 2.00 bits per heavy atom. The van der Waals surface area contributed by atoms with Gasteiger partial charge in [-0.15, -0.1) is 0 Å². The van der Waals surface area contributed by atoms with E-state index < -0.39 is 12.0 Å². The van der Waals surface area contributed by atoms with Gasteiger partial charge >= 0.3 is 5.97 Å². The lowest BCUT2D eigenvalue weighted by Crippen LogP contribution is -2.42. The van der Waals surface area contributed by atoms with E-state index in [2.05, 4.69) is 23.1 Å². The van der Waals surface area contributed by atoms with Gasteiger partial charge in [0.15, 0.2) is 0 Å². The standard InChI is InChI=1S/C17H22N2O3/c20-16(19-11-4-8-15(19)17(21)22)9-12-18-10-3-6-13-5-1-2-7-14(13)18/h1-2,5,7,15H,3-4,6,8-12H2,(H,21,22). The number of benzene rings is 1. The molecule has 2 heterocycles. The summed E-state index contributed by atoms with van der Waals surface area (Å²) in [5, 5.41) is 9.18. The van der Waals surface area contributed by atoms with Crippen molar-refractivity contribution in [1.29, 1.82) is 0 Å². The van der Waals surface area contributed by atoms with Crippen molar-refractivity contribution >= 4 is 17.6 Å². The maximum absolute atomic E-state index is 12.4. The molecule has 0 saturated carbocycles. The zero-order chi connectivity index (χ0) is 15.5. The number of likely N-dealkylation sites (tertiary alicyclic amines) is 1. The number of hydrogen-bond donors (Lipinski definition) is 1. The maximum atomic E-state index is 12.4. The number of carboxylic acid groups (broad SMARTS) is 1. The molecule has 1 atom stereocenters. The minimum absolute atomic E-state index is 0.0343. The first kappa shape index (κ1) is 14.9. The highest BCUT2D eigenvalue weighted by molar-refractivity contribution is 5.84. The van der Waals surface area contributed by atoms with Crippen LogP contribution in [-0.2, 0) is 16.0 Å². The molecule has 1 saturated heterocycles. The summed E-state index contributed by atoms with van der Waals surface area (Å²) in [6.45, 7) is 2.21. The number of carboxylic acids is 1. The molecule has 0 radical (unpaired) electrons. The summed E-state index contributed by atoms with van der Waals surface area (Å²) >= 11 is 0. The first-order chi connectivity index (χ1) is 10.7. The Morgan fingerprint density at radius 3 is 2.82 bits per heavy atom. The van der Waals surface area contributed by atoms with Gasteiger partial charge in [-0.3, -0.25) is 4.79 Å². The number of carbonyl (C=O) groups excluding carboxylic acids is 1. The summed E-state index contributed by atoms with van der Waals surface area (Å²) in [4.78, 5) is 27.3. The smallest absolute Gasteiger partial charge is 0.326 e. The van der Waals surface area contributed by atoms with Crippen molar-refractivity contribution in [2.24, 2.45) is 0 Å². The highest BCUT2D eigenvalue weighted by atomic mass is 16.4. The van der Waals surface area contributed by atoms with Crippen LogP contribution in [0, 0.1) is 0 Å². The molecule has 2 aliphatic heterocycles. The number of anilines is 1. The van der Waals surface area contributed by atoms with Gasteiger partial charge in [-0.2, -0.15) is 0 Å². The molecule has 22 heavy (non-hydrogen) atoms. The summed E-state index contributed by atoms with van der Waals surface area (Å²) in [6, 6.07) is 7.70. The van der Waals surface area contributed by atoms with Crippen LogP contribution < -0.4 is 4.90 Å². The van der Waals surface area contributed by atoms with Gasteiger partial charge in [0.25, 0.3) is 0 Å². The molecule has 1 N–H and O–H groups in total. The predicted octanol–water partition coefficient (Wildman–Crippen LogP) is 1.90. The Hall–Kier alpha value is -2.04. The summed E-state index contributed by atoms with van der Waals surface area (Å²) < 4.78 is 0. The summed E-state index contributed by atoms with van der Waals surface area (Å²) in [5.41, 5.74) is 2.56. The number of amides is 1. The Kier molecular flexibility index (Phi) is 4.32. The SMILES string of the molecule is O=C(O)C1CCCN1C(=O)CCN1CCCc2ccccc21. The van der Waals surface area contributed by atoms with E-state index in [0.717, 1.165) is 25.8 Å². The molecule has 1 unspecified atom stereocenters. The molecule has 1 aromatic rings. The third kappa shape index (κ3) is 2.93. The van der Waals surface area contributed by atoms with Gasteiger partial charge in [0.2, 0.25) is 5.91 Å². The second kappa shape index (κ2) is 6.38. The van der Waals surface area contributed by atoms with Crippen LogP contribution in [0.25, 0.3) is 0 Å². The fourth-order valence-electron chi connectivity index (χ4n) is 3.54. The molecule has 1 fully saturated rings. The van der Waals surface area contributed by atoms with E-state index in [1.807, 2.05) is 6.07 Å². The van der Waals surface area contributed by atoms with E-state index in [0.29, 0.717) is 25.9 Å². The highest BCUT2D eigenvalue weighted by Gasteiger charge is 2.33. The molecule has 0 aromatic heterocycles. The molecule has 2 aliphatic rings. The van der Waals surface area contributed by atoms with Crippen molar-refractivity contribution in [3.63, 3.8) is 0 Å². The van der Waals surface area contributed by atoms with Crippen LogP contribution >= 0.6 is 0 Å². The third-order valence-electron chi connectivity index (χ3n) is 4.66. The summed E-state index contributed by atoms with van der Waals surface area (Å²) in [7, 11) is 0. The van der Waals surface area contributed by atoms with Crippen LogP contribution in [0.2, 0.25) is 0 Å². The molecule has 0 aliphatic carbocycles. The van der Waals surface area contributed by atoms with Gasteiger partial charge in [0.05, 0.1) is 0 Å². The highest BCUT2D eigenvalue weighted by Crippen LogP contribution is 2.27. The fourth-order valence-corrected chi connectivity index (χ4v) is 3.54. The lowest BCUT2D eigenvalue weighted by Gasteiger charge is -2.32. The second-order valence-corrected chi connectivity index (χ2v) is 6.05. The van der Waals surface area contributed by atoms with E-state index >= 15 is 0 Å². The zero-order valence-electron chi connectivity index (χ0n) is 12.7. The largest absolute Gasteiger partial charge is 0.480 e. The van der Waals surface area contributed by atoms with Crippen LogP contribution in [0.3, 0.4) is 0 Å². The Labute approximate surface area is 130 Å². The van der Waals surface area contributed by atoms with Crippen LogP contribution in [-0.4, -0.2) is 47.6 Å². The predicted molar refractivity (Wildman–Crippen MR) is 84.0 cm³/mol. The van der Waals surface area contributed by atoms with E-state index in [9.17, 15) is 14.7 Å². The van der Waals surface area contributed by atoms with Crippen LogP contribution in [0.4, 0.5) is 5.69 Å². The van der Waals surface area contributed by atoms with Crippen molar-refractivity contribution in [2.45, 2.75) is 38.1 Å². The molecular formula is C17H22N2O3. The molecular weight excluding hydrogens is 280 g/mol. The number of nitrogens with zero attached hydrogens (tertiary/aromatic N) is 2. The molecule has 5 nitrogen and oxygen atoms in total. The lowest BCUT2D eigenvalue weighted by atomic mass is 10.0. The lowest BCUT2D eigenvalue weighted by molar-refractivity contribution is -0.148. The molecule has 3 rings (SSSR count). The quantitative estimate of drug-likeness (QED) is 0.923. The Morgan fingerprint density at radius 1 is 1.18 bits per heavy atom. The third-order valence-corrected chi connectivity index (χ3v) is 4.66. The summed E-state index contributed by atoms with van der Waals surface area (Å²) in [6.07, 6.45) is 3.95. The van der Waals surface area contributed by atoms with Crippen LogP contribution in [0.15, 0.2) is 24.3 Å². The topological polar surface area (TPSA) is 60.9 Å². The number of carbonyl (C=O) groups is 2. The van der Waals surface area contributed by atoms with Crippen molar-refractivity contribution < 1.29 is 14.7 Å². The molecule has 1 amide bonds. The average Bonchev–Trinajstić information content (AvgIpc) is 3.02. The number of para-hydroxylation sites is 1. The van der Waals surface area contributed by atoms with Gasteiger partial charge in [-0.1, -0.05) is 18.2 Å². The number of aliphatic carboxylic acids is 1. The number of rotatable bonds is 4. The maximum Gasteiger partial charge on any atom is 0.326 e. The molecule has 1 aromatic carbocycles. The fraction of sp³-hybridized carbons (Fsp3) is 0.529. The Balaban J connectivity index is 1.61. The summed E-state index contributed by atoms with van der Waals surface area (Å²) in [5.74, 6) is -0.915. The molecule has 118 valence electrons.